The van der Waals surface area contributed by atoms with E-state index in [-0.39, 0.29) is 35.9 Å². The van der Waals surface area contributed by atoms with E-state index < -0.39 is 5.91 Å². The Labute approximate surface area is 133 Å². The van der Waals surface area contributed by atoms with Gasteiger partial charge in [0.15, 0.2) is 0 Å². The second-order valence-corrected chi connectivity index (χ2v) is 5.01. The Morgan fingerprint density at radius 1 is 0.870 bits per heavy atom. The van der Waals surface area contributed by atoms with E-state index in [4.69, 9.17) is 0 Å². The molecule has 0 radical (unpaired) electrons. The van der Waals surface area contributed by atoms with E-state index >= 15 is 0 Å². The van der Waals surface area contributed by atoms with Gasteiger partial charge in [0.2, 0.25) is 5.91 Å². The molecular weight excluding hydrogens is 296 g/mol. The second-order valence-electron chi connectivity index (χ2n) is 5.01. The minimum absolute atomic E-state index is 0.125. The summed E-state index contributed by atoms with van der Waals surface area (Å²) in [6.07, 6.45) is 0.287. The molecule has 23 heavy (non-hydrogen) atoms. The number of benzene rings is 2. The summed E-state index contributed by atoms with van der Waals surface area (Å²) >= 11 is 0. The highest BCUT2D eigenvalue weighted by Crippen LogP contribution is 2.20. The Bertz CT molecular complexity index is 666. The summed E-state index contributed by atoms with van der Waals surface area (Å²) in [5.41, 5.74) is 1.07. The molecule has 0 heterocycles. The number of aromatic hydroxyl groups is 2. The SMILES string of the molecule is O=C(Cc1ccccc1)NCCNC(=O)c1cc(O)cc(O)c1. The van der Waals surface area contributed by atoms with E-state index in [2.05, 4.69) is 10.6 Å². The van der Waals surface area contributed by atoms with Crippen molar-refractivity contribution in [3.63, 3.8) is 0 Å². The maximum Gasteiger partial charge on any atom is 0.251 e. The van der Waals surface area contributed by atoms with Gasteiger partial charge < -0.3 is 20.8 Å². The van der Waals surface area contributed by atoms with E-state index in [0.717, 1.165) is 11.6 Å². The van der Waals surface area contributed by atoms with Crippen LogP contribution in [0.2, 0.25) is 0 Å². The van der Waals surface area contributed by atoms with E-state index in [1.54, 1.807) is 0 Å². The van der Waals surface area contributed by atoms with Crippen LogP contribution in [0, 0.1) is 0 Å². The van der Waals surface area contributed by atoms with Gasteiger partial charge >= 0.3 is 0 Å². The van der Waals surface area contributed by atoms with E-state index in [1.807, 2.05) is 30.3 Å². The lowest BCUT2D eigenvalue weighted by atomic mass is 10.1. The first-order chi connectivity index (χ1) is 11.0. The van der Waals surface area contributed by atoms with Crippen LogP contribution in [-0.4, -0.2) is 35.1 Å². The summed E-state index contributed by atoms with van der Waals surface area (Å²) in [5, 5.41) is 24.0. The lowest BCUT2D eigenvalue weighted by Gasteiger charge is -2.08. The molecule has 0 aromatic heterocycles. The van der Waals surface area contributed by atoms with Crippen LogP contribution in [0.25, 0.3) is 0 Å². The van der Waals surface area contributed by atoms with Gasteiger partial charge in [-0.25, -0.2) is 0 Å². The molecule has 0 atom stereocenters. The van der Waals surface area contributed by atoms with Crippen LogP contribution in [0.5, 0.6) is 11.5 Å². The fourth-order valence-electron chi connectivity index (χ4n) is 2.05. The van der Waals surface area contributed by atoms with E-state index in [9.17, 15) is 19.8 Å². The van der Waals surface area contributed by atoms with Gasteiger partial charge in [0.25, 0.3) is 5.91 Å². The molecule has 0 saturated heterocycles. The summed E-state index contributed by atoms with van der Waals surface area (Å²) in [4.78, 5) is 23.6. The number of amides is 2. The van der Waals surface area contributed by atoms with Crippen LogP contribution >= 0.6 is 0 Å². The molecule has 2 aromatic rings. The number of rotatable bonds is 6. The number of phenolic OH excluding ortho intramolecular Hbond substituents is 2. The molecule has 0 spiro atoms. The molecule has 2 rings (SSSR count). The highest BCUT2D eigenvalue weighted by molar-refractivity contribution is 5.95. The summed E-state index contributed by atoms with van der Waals surface area (Å²) < 4.78 is 0. The van der Waals surface area contributed by atoms with Crippen molar-refractivity contribution < 1.29 is 19.8 Å². The van der Waals surface area contributed by atoms with Gasteiger partial charge in [0.1, 0.15) is 11.5 Å². The molecular formula is C17H18N2O4. The largest absolute Gasteiger partial charge is 0.508 e. The average Bonchev–Trinajstić information content (AvgIpc) is 2.51. The maximum atomic E-state index is 11.8. The van der Waals surface area contributed by atoms with Crippen LogP contribution in [0.3, 0.4) is 0 Å². The lowest BCUT2D eigenvalue weighted by Crippen LogP contribution is -2.35. The topological polar surface area (TPSA) is 98.7 Å². The van der Waals surface area contributed by atoms with Crippen LogP contribution < -0.4 is 10.6 Å². The Hall–Kier alpha value is -3.02. The zero-order valence-electron chi connectivity index (χ0n) is 12.5. The molecule has 4 N–H and O–H groups in total. The third kappa shape index (κ3) is 5.35. The zero-order chi connectivity index (χ0) is 16.7. The summed E-state index contributed by atoms with van der Waals surface area (Å²) in [5.74, 6) is -0.938. The molecule has 0 fully saturated rings. The highest BCUT2D eigenvalue weighted by atomic mass is 16.3. The van der Waals surface area contributed by atoms with Gasteiger partial charge in [-0.3, -0.25) is 9.59 Å². The molecule has 0 aliphatic rings. The molecule has 2 aromatic carbocycles. The molecule has 2 amide bonds. The molecule has 0 saturated carbocycles. The molecule has 120 valence electrons. The predicted molar refractivity (Wildman–Crippen MR) is 85.3 cm³/mol. The van der Waals surface area contributed by atoms with Crippen molar-refractivity contribution >= 4 is 11.8 Å². The first kappa shape index (κ1) is 16.4. The second kappa shape index (κ2) is 7.84. The van der Waals surface area contributed by atoms with Crippen molar-refractivity contribution in [1.82, 2.24) is 10.6 Å². The standard InChI is InChI=1S/C17H18N2O4/c20-14-9-13(10-15(21)11-14)17(23)19-7-6-18-16(22)8-12-4-2-1-3-5-12/h1-5,9-11,20-21H,6-8H2,(H,18,22)(H,19,23). The van der Waals surface area contributed by atoms with Crippen LogP contribution in [-0.2, 0) is 11.2 Å². The van der Waals surface area contributed by atoms with Gasteiger partial charge in [-0.2, -0.15) is 0 Å². The summed E-state index contributed by atoms with van der Waals surface area (Å²) in [7, 11) is 0. The van der Waals surface area contributed by atoms with Crippen molar-refractivity contribution in [2.75, 3.05) is 13.1 Å². The fourth-order valence-corrected chi connectivity index (χ4v) is 2.05. The molecule has 0 aliphatic carbocycles. The zero-order valence-corrected chi connectivity index (χ0v) is 12.5. The molecule has 0 aliphatic heterocycles. The molecule has 6 heteroatoms. The number of hydrogen-bond acceptors (Lipinski definition) is 4. The number of carbonyl (C=O) groups is 2. The Kier molecular flexibility index (Phi) is 5.57. The molecule has 0 bridgehead atoms. The van der Waals surface area contributed by atoms with Crippen LogP contribution in [0.15, 0.2) is 48.5 Å². The van der Waals surface area contributed by atoms with Gasteiger partial charge in [-0.05, 0) is 17.7 Å². The molecule has 6 nitrogen and oxygen atoms in total. The van der Waals surface area contributed by atoms with Crippen molar-refractivity contribution in [2.45, 2.75) is 6.42 Å². The van der Waals surface area contributed by atoms with E-state index in [0.29, 0.717) is 6.54 Å². The monoisotopic (exact) mass is 314 g/mol. The number of phenols is 2. The first-order valence-corrected chi connectivity index (χ1v) is 7.16. The first-order valence-electron chi connectivity index (χ1n) is 7.16. The fraction of sp³-hybridized carbons (Fsp3) is 0.176. The quantitative estimate of drug-likeness (QED) is 0.602. The minimum Gasteiger partial charge on any atom is -0.508 e. The van der Waals surface area contributed by atoms with Gasteiger partial charge in [-0.1, -0.05) is 30.3 Å². The Balaban J connectivity index is 1.72. The minimum atomic E-state index is -0.437. The number of hydrogen-bond donors (Lipinski definition) is 4. The van der Waals surface area contributed by atoms with E-state index in [1.165, 1.54) is 12.1 Å². The third-order valence-electron chi connectivity index (χ3n) is 3.10. The van der Waals surface area contributed by atoms with Gasteiger partial charge in [0, 0.05) is 24.7 Å². The van der Waals surface area contributed by atoms with Gasteiger partial charge in [0.05, 0.1) is 6.42 Å². The molecule has 0 unspecified atom stereocenters. The normalized spacial score (nSPS) is 10.1. The summed E-state index contributed by atoms with van der Waals surface area (Å²) in [6, 6.07) is 13.0. The average molecular weight is 314 g/mol. The van der Waals surface area contributed by atoms with Gasteiger partial charge in [-0.15, -0.1) is 0 Å². The maximum absolute atomic E-state index is 11.8. The lowest BCUT2D eigenvalue weighted by molar-refractivity contribution is -0.120. The Morgan fingerprint density at radius 3 is 2.13 bits per heavy atom. The summed E-state index contributed by atoms with van der Waals surface area (Å²) in [6.45, 7) is 0.540. The number of nitrogens with one attached hydrogen (secondary N) is 2. The van der Waals surface area contributed by atoms with Crippen molar-refractivity contribution in [3.05, 3.63) is 59.7 Å². The smallest absolute Gasteiger partial charge is 0.251 e. The van der Waals surface area contributed by atoms with Crippen molar-refractivity contribution in [3.8, 4) is 11.5 Å². The van der Waals surface area contributed by atoms with Crippen LogP contribution in [0.4, 0.5) is 0 Å². The van der Waals surface area contributed by atoms with Crippen molar-refractivity contribution in [2.24, 2.45) is 0 Å². The van der Waals surface area contributed by atoms with Crippen molar-refractivity contribution in [1.29, 1.82) is 0 Å². The predicted octanol–water partition coefficient (Wildman–Crippen LogP) is 1.19. The van der Waals surface area contributed by atoms with Crippen LogP contribution in [0.1, 0.15) is 15.9 Å². The number of carbonyl (C=O) groups excluding carboxylic acids is 2. The Morgan fingerprint density at radius 2 is 1.48 bits per heavy atom. The third-order valence-corrected chi connectivity index (χ3v) is 3.10. The highest BCUT2D eigenvalue weighted by Gasteiger charge is 2.08.